The molecule has 0 aliphatic rings. The van der Waals surface area contributed by atoms with Gasteiger partial charge < -0.3 is 4.74 Å². The first-order valence-electron chi connectivity index (χ1n) is 6.28. The Kier molecular flexibility index (Phi) is 7.19. The van der Waals surface area contributed by atoms with Crippen LogP contribution in [0.1, 0.15) is 44.6 Å². The van der Waals surface area contributed by atoms with Crippen LogP contribution in [0.5, 0.6) is 0 Å². The Bertz CT molecular complexity index is 414. The second-order valence-electron chi connectivity index (χ2n) is 3.44. The molecule has 0 amide bonds. The first-order valence-corrected chi connectivity index (χ1v) is 6.28. The summed E-state index contributed by atoms with van der Waals surface area (Å²) in [5, 5.41) is 0. The van der Waals surface area contributed by atoms with Gasteiger partial charge in [-0.3, -0.25) is 0 Å². The lowest BCUT2D eigenvalue weighted by Crippen LogP contribution is -2.08. The topological polar surface area (TPSA) is 22.1 Å². The lowest BCUT2D eigenvalue weighted by molar-refractivity contribution is -0.137. The Balaban J connectivity index is 0.00000154. The fourth-order valence-electron chi connectivity index (χ4n) is 1.32. The van der Waals surface area contributed by atoms with E-state index in [2.05, 4.69) is 11.6 Å². The highest BCUT2D eigenvalue weighted by molar-refractivity contribution is 5.54. The Labute approximate surface area is 112 Å². The zero-order valence-corrected chi connectivity index (χ0v) is 11.8. The summed E-state index contributed by atoms with van der Waals surface area (Å²) in [7, 11) is 0. The molecular weight excluding hydrogens is 255 g/mol. The second-order valence-corrected chi connectivity index (χ2v) is 3.44. The molecule has 0 N–H and O–H groups in total. The molecule has 1 aromatic rings. The Hall–Kier alpha value is -1.52. The highest BCUT2D eigenvalue weighted by Crippen LogP contribution is 2.31. The normalized spacial score (nSPS) is 10.5. The molecule has 108 valence electrons. The van der Waals surface area contributed by atoms with E-state index >= 15 is 0 Å². The first-order chi connectivity index (χ1) is 8.88. The molecule has 0 aliphatic carbocycles. The molecule has 1 rings (SSSR count). The number of pyridine rings is 1. The van der Waals surface area contributed by atoms with E-state index < -0.39 is 11.7 Å². The van der Waals surface area contributed by atoms with Gasteiger partial charge in [0.15, 0.2) is 0 Å². The molecule has 1 heterocycles. The van der Waals surface area contributed by atoms with Crippen molar-refractivity contribution in [3.63, 3.8) is 0 Å². The number of halogens is 3. The number of ether oxygens (including phenoxy) is 1. The predicted octanol–water partition coefficient (Wildman–Crippen LogP) is 4.70. The largest absolute Gasteiger partial charge is 0.492 e. The standard InChI is InChI=1S/C12H14F3NO.C2H6/c1-4-10-6-9(12(13,14)15)7-11(16-10)8(3)17-5-2;1-2/h6-7H,3-5H2,1-2H3;1-2H3. The molecule has 0 bridgehead atoms. The monoisotopic (exact) mass is 275 g/mol. The number of aromatic nitrogens is 1. The van der Waals surface area contributed by atoms with Crippen LogP contribution < -0.4 is 0 Å². The lowest BCUT2D eigenvalue weighted by Gasteiger charge is -2.12. The van der Waals surface area contributed by atoms with Crippen molar-refractivity contribution in [1.82, 2.24) is 4.98 Å². The minimum Gasteiger partial charge on any atom is -0.492 e. The van der Waals surface area contributed by atoms with Crippen molar-refractivity contribution in [2.75, 3.05) is 6.61 Å². The van der Waals surface area contributed by atoms with Gasteiger partial charge >= 0.3 is 6.18 Å². The number of alkyl halides is 3. The van der Waals surface area contributed by atoms with E-state index in [0.29, 0.717) is 18.7 Å². The molecule has 0 spiro atoms. The molecule has 0 atom stereocenters. The summed E-state index contributed by atoms with van der Waals surface area (Å²) in [4.78, 5) is 4.06. The van der Waals surface area contributed by atoms with E-state index in [9.17, 15) is 13.2 Å². The van der Waals surface area contributed by atoms with Gasteiger partial charge in [0.1, 0.15) is 11.5 Å². The molecule has 1 aromatic heterocycles. The van der Waals surface area contributed by atoms with Gasteiger partial charge in [0.25, 0.3) is 0 Å². The van der Waals surface area contributed by atoms with Gasteiger partial charge in [-0.15, -0.1) is 0 Å². The van der Waals surface area contributed by atoms with Gasteiger partial charge in [0.05, 0.1) is 12.2 Å². The third kappa shape index (κ3) is 5.32. The maximum Gasteiger partial charge on any atom is 0.416 e. The maximum absolute atomic E-state index is 12.6. The summed E-state index contributed by atoms with van der Waals surface area (Å²) in [6.45, 7) is 11.4. The van der Waals surface area contributed by atoms with Crippen molar-refractivity contribution >= 4 is 5.76 Å². The van der Waals surface area contributed by atoms with Crippen LogP contribution >= 0.6 is 0 Å². The van der Waals surface area contributed by atoms with Crippen LogP contribution in [0, 0.1) is 0 Å². The number of rotatable bonds is 4. The molecule has 2 nitrogen and oxygen atoms in total. The highest BCUT2D eigenvalue weighted by atomic mass is 19.4. The molecule has 0 saturated carbocycles. The fraction of sp³-hybridized carbons (Fsp3) is 0.500. The van der Waals surface area contributed by atoms with Crippen LogP contribution in [0.3, 0.4) is 0 Å². The summed E-state index contributed by atoms with van der Waals surface area (Å²) >= 11 is 0. The van der Waals surface area contributed by atoms with Crippen molar-refractivity contribution in [2.24, 2.45) is 0 Å². The highest BCUT2D eigenvalue weighted by Gasteiger charge is 2.31. The minimum absolute atomic E-state index is 0.138. The second kappa shape index (κ2) is 7.81. The number of nitrogens with zero attached hydrogens (tertiary/aromatic N) is 1. The summed E-state index contributed by atoms with van der Waals surface area (Å²) in [5.41, 5.74) is -0.214. The van der Waals surface area contributed by atoms with E-state index in [4.69, 9.17) is 4.74 Å². The maximum atomic E-state index is 12.6. The van der Waals surface area contributed by atoms with Crippen LogP contribution in [0.15, 0.2) is 18.7 Å². The average Bonchev–Trinajstić information content (AvgIpc) is 2.39. The van der Waals surface area contributed by atoms with Crippen molar-refractivity contribution in [3.05, 3.63) is 35.7 Å². The van der Waals surface area contributed by atoms with E-state index in [0.717, 1.165) is 12.1 Å². The van der Waals surface area contributed by atoms with Gasteiger partial charge in [0.2, 0.25) is 0 Å². The van der Waals surface area contributed by atoms with Gasteiger partial charge in [-0.25, -0.2) is 4.98 Å². The van der Waals surface area contributed by atoms with Crippen molar-refractivity contribution in [3.8, 4) is 0 Å². The van der Waals surface area contributed by atoms with E-state index in [-0.39, 0.29) is 11.5 Å². The van der Waals surface area contributed by atoms with Gasteiger partial charge in [-0.2, -0.15) is 13.2 Å². The zero-order chi connectivity index (χ0) is 15.1. The molecule has 0 radical (unpaired) electrons. The van der Waals surface area contributed by atoms with Crippen molar-refractivity contribution in [2.45, 2.75) is 40.3 Å². The molecule has 0 saturated heterocycles. The molecule has 0 fully saturated rings. The Morgan fingerprint density at radius 2 is 1.84 bits per heavy atom. The SMILES string of the molecule is C=C(OCC)c1cc(C(F)(F)F)cc(CC)n1.CC. The third-order valence-electron chi connectivity index (χ3n) is 2.17. The zero-order valence-electron chi connectivity index (χ0n) is 11.8. The van der Waals surface area contributed by atoms with E-state index in [1.54, 1.807) is 13.8 Å². The summed E-state index contributed by atoms with van der Waals surface area (Å²) in [6.07, 6.45) is -3.95. The Morgan fingerprint density at radius 1 is 1.26 bits per heavy atom. The van der Waals surface area contributed by atoms with Crippen molar-refractivity contribution in [1.29, 1.82) is 0 Å². The molecule has 19 heavy (non-hydrogen) atoms. The molecular formula is C14H20F3NO. The first kappa shape index (κ1) is 17.5. The fourth-order valence-corrected chi connectivity index (χ4v) is 1.32. The predicted molar refractivity (Wildman–Crippen MR) is 70.6 cm³/mol. The van der Waals surface area contributed by atoms with Crippen LogP contribution in [-0.2, 0) is 17.3 Å². The van der Waals surface area contributed by atoms with Gasteiger partial charge in [-0.1, -0.05) is 27.4 Å². The smallest absolute Gasteiger partial charge is 0.416 e. The quantitative estimate of drug-likeness (QED) is 0.743. The Morgan fingerprint density at radius 3 is 2.26 bits per heavy atom. The molecule has 0 aromatic carbocycles. The van der Waals surface area contributed by atoms with Crippen LogP contribution in [0.2, 0.25) is 0 Å². The van der Waals surface area contributed by atoms with Crippen LogP contribution in [-0.4, -0.2) is 11.6 Å². The third-order valence-corrected chi connectivity index (χ3v) is 2.17. The lowest BCUT2D eigenvalue weighted by atomic mass is 10.1. The van der Waals surface area contributed by atoms with Crippen LogP contribution in [0.25, 0.3) is 5.76 Å². The number of aryl methyl sites for hydroxylation is 1. The number of hydrogen-bond acceptors (Lipinski definition) is 2. The van der Waals surface area contributed by atoms with E-state index in [1.807, 2.05) is 13.8 Å². The summed E-state index contributed by atoms with van der Waals surface area (Å²) in [5.74, 6) is 0.160. The average molecular weight is 275 g/mol. The summed E-state index contributed by atoms with van der Waals surface area (Å²) < 4.78 is 43.0. The number of hydrogen-bond donors (Lipinski definition) is 0. The van der Waals surface area contributed by atoms with Gasteiger partial charge in [-0.05, 0) is 25.5 Å². The van der Waals surface area contributed by atoms with Crippen molar-refractivity contribution < 1.29 is 17.9 Å². The van der Waals surface area contributed by atoms with Crippen LogP contribution in [0.4, 0.5) is 13.2 Å². The molecule has 0 unspecified atom stereocenters. The minimum atomic E-state index is -4.38. The van der Waals surface area contributed by atoms with Gasteiger partial charge in [0, 0.05) is 5.69 Å². The summed E-state index contributed by atoms with van der Waals surface area (Å²) in [6, 6.07) is 2.00. The molecule has 0 aliphatic heterocycles. The van der Waals surface area contributed by atoms with E-state index in [1.165, 1.54) is 0 Å². The molecule has 5 heteroatoms.